The van der Waals surface area contributed by atoms with Gasteiger partial charge in [-0.2, -0.15) is 0 Å². The second kappa shape index (κ2) is 5.70. The molecule has 1 saturated carbocycles. The van der Waals surface area contributed by atoms with Crippen LogP contribution >= 0.6 is 11.3 Å². The van der Waals surface area contributed by atoms with Crippen molar-refractivity contribution in [3.8, 4) is 0 Å². The lowest BCUT2D eigenvalue weighted by atomic mass is 9.64. The van der Waals surface area contributed by atoms with Gasteiger partial charge >= 0.3 is 0 Å². The summed E-state index contributed by atoms with van der Waals surface area (Å²) in [7, 11) is 0. The Morgan fingerprint density at radius 2 is 2.39 bits per heavy atom. The van der Waals surface area contributed by atoms with Gasteiger partial charge in [-0.3, -0.25) is 0 Å². The summed E-state index contributed by atoms with van der Waals surface area (Å²) < 4.78 is 5.73. The first-order chi connectivity index (χ1) is 8.55. The highest BCUT2D eigenvalue weighted by molar-refractivity contribution is 7.10. The number of nitrogens with one attached hydrogen (secondary N) is 1. The monoisotopic (exact) mass is 268 g/mol. The first-order valence-electron chi connectivity index (χ1n) is 6.69. The maximum atomic E-state index is 6.17. The summed E-state index contributed by atoms with van der Waals surface area (Å²) in [6.45, 7) is 8.24. The van der Waals surface area contributed by atoms with Gasteiger partial charge in [-0.15, -0.1) is 11.3 Å². The lowest BCUT2D eigenvalue weighted by Crippen LogP contribution is -2.61. The molecule has 3 nitrogen and oxygen atoms in total. The second-order valence-corrected chi connectivity index (χ2v) is 6.56. The van der Waals surface area contributed by atoms with Gasteiger partial charge in [0, 0.05) is 29.5 Å². The zero-order chi connectivity index (χ0) is 13.2. The molecule has 2 rings (SSSR count). The molecule has 0 aliphatic heterocycles. The van der Waals surface area contributed by atoms with E-state index in [4.69, 9.17) is 10.5 Å². The molecule has 1 aliphatic rings. The lowest BCUT2D eigenvalue weighted by molar-refractivity contribution is -0.114. The maximum absolute atomic E-state index is 6.17. The van der Waals surface area contributed by atoms with Crippen LogP contribution in [0.15, 0.2) is 17.5 Å². The fourth-order valence-corrected chi connectivity index (χ4v) is 3.32. The van der Waals surface area contributed by atoms with E-state index in [2.05, 4.69) is 43.6 Å². The van der Waals surface area contributed by atoms with E-state index in [0.717, 1.165) is 19.6 Å². The number of nitrogens with two attached hydrogens (primary N) is 1. The van der Waals surface area contributed by atoms with Gasteiger partial charge in [-0.25, -0.2) is 0 Å². The van der Waals surface area contributed by atoms with Crippen molar-refractivity contribution in [3.63, 3.8) is 0 Å². The zero-order valence-electron chi connectivity index (χ0n) is 11.5. The highest BCUT2D eigenvalue weighted by Crippen LogP contribution is 2.42. The molecule has 3 atom stereocenters. The summed E-state index contributed by atoms with van der Waals surface area (Å²) in [6.07, 6.45) is 1.48. The Morgan fingerprint density at radius 1 is 1.61 bits per heavy atom. The molecule has 1 aromatic rings. The Kier molecular flexibility index (Phi) is 4.43. The summed E-state index contributed by atoms with van der Waals surface area (Å²) in [6, 6.07) is 4.77. The quantitative estimate of drug-likeness (QED) is 0.833. The largest absolute Gasteiger partial charge is 0.378 e. The van der Waals surface area contributed by atoms with Crippen LogP contribution in [0.4, 0.5) is 0 Å². The molecule has 3 N–H and O–H groups in total. The second-order valence-electron chi connectivity index (χ2n) is 5.58. The van der Waals surface area contributed by atoms with Crippen molar-refractivity contribution in [1.29, 1.82) is 0 Å². The van der Waals surface area contributed by atoms with Crippen LogP contribution in [0.2, 0.25) is 0 Å². The minimum atomic E-state index is 0.104. The van der Waals surface area contributed by atoms with E-state index >= 15 is 0 Å². The van der Waals surface area contributed by atoms with Gasteiger partial charge in [0.05, 0.1) is 12.1 Å². The highest BCUT2D eigenvalue weighted by atomic mass is 32.1. The van der Waals surface area contributed by atoms with E-state index in [-0.39, 0.29) is 11.5 Å². The highest BCUT2D eigenvalue weighted by Gasteiger charge is 2.48. The fourth-order valence-electron chi connectivity index (χ4n) is 2.59. The van der Waals surface area contributed by atoms with Crippen LogP contribution in [0.1, 0.15) is 38.1 Å². The molecule has 18 heavy (non-hydrogen) atoms. The van der Waals surface area contributed by atoms with Gasteiger partial charge in [-0.1, -0.05) is 19.9 Å². The Labute approximate surface area is 114 Å². The molecule has 0 bridgehead atoms. The van der Waals surface area contributed by atoms with Crippen LogP contribution in [0.5, 0.6) is 0 Å². The van der Waals surface area contributed by atoms with E-state index in [1.807, 2.05) is 0 Å². The van der Waals surface area contributed by atoms with Gasteiger partial charge in [0.2, 0.25) is 0 Å². The fraction of sp³-hybridized carbons (Fsp3) is 0.714. The molecular weight excluding hydrogens is 244 g/mol. The van der Waals surface area contributed by atoms with Crippen LogP contribution < -0.4 is 11.1 Å². The predicted molar refractivity (Wildman–Crippen MR) is 76.9 cm³/mol. The normalized spacial score (nSPS) is 27.8. The van der Waals surface area contributed by atoms with Crippen molar-refractivity contribution in [3.05, 3.63) is 22.4 Å². The molecule has 0 saturated heterocycles. The number of hydrogen-bond donors (Lipinski definition) is 2. The summed E-state index contributed by atoms with van der Waals surface area (Å²) in [4.78, 5) is 1.25. The molecule has 1 aromatic heterocycles. The number of rotatable bonds is 6. The van der Waals surface area contributed by atoms with Gasteiger partial charge in [-0.05, 0) is 24.8 Å². The van der Waals surface area contributed by atoms with Crippen molar-refractivity contribution < 1.29 is 4.74 Å². The molecular formula is C14H24N2OS. The summed E-state index contributed by atoms with van der Waals surface area (Å²) in [5.74, 6) is 0. The summed E-state index contributed by atoms with van der Waals surface area (Å²) >= 11 is 1.73. The molecule has 4 heteroatoms. The molecule has 1 fully saturated rings. The average Bonchev–Trinajstić information content (AvgIpc) is 2.86. The third-order valence-corrected chi connectivity index (χ3v) is 5.04. The van der Waals surface area contributed by atoms with Crippen molar-refractivity contribution in [1.82, 2.24) is 5.32 Å². The molecule has 102 valence electrons. The number of hydrogen-bond acceptors (Lipinski definition) is 4. The molecule has 1 heterocycles. The maximum Gasteiger partial charge on any atom is 0.0655 e. The van der Waals surface area contributed by atoms with Crippen molar-refractivity contribution in [2.24, 2.45) is 11.1 Å². The first kappa shape index (κ1) is 14.0. The van der Waals surface area contributed by atoms with Crippen molar-refractivity contribution in [2.75, 3.05) is 13.2 Å². The van der Waals surface area contributed by atoms with E-state index in [1.165, 1.54) is 4.88 Å². The zero-order valence-corrected chi connectivity index (χ0v) is 12.3. The van der Waals surface area contributed by atoms with E-state index in [0.29, 0.717) is 12.1 Å². The molecule has 1 aliphatic carbocycles. The Balaban J connectivity index is 1.78. The van der Waals surface area contributed by atoms with Crippen LogP contribution in [-0.2, 0) is 4.74 Å². The topological polar surface area (TPSA) is 47.3 Å². The van der Waals surface area contributed by atoms with Crippen LogP contribution in [0.3, 0.4) is 0 Å². The van der Waals surface area contributed by atoms with Crippen molar-refractivity contribution in [2.45, 2.75) is 45.4 Å². The standard InChI is InChI=1S/C14H24N2OS/c1-4-17-13-8-12(14(13,2)3)16-9-10(15)11-6-5-7-18-11/h5-7,10,12-13,16H,4,8-9,15H2,1-3H3. The Hall–Kier alpha value is -0.420. The summed E-state index contributed by atoms with van der Waals surface area (Å²) in [5.41, 5.74) is 6.38. The minimum Gasteiger partial charge on any atom is -0.378 e. The van der Waals surface area contributed by atoms with Crippen molar-refractivity contribution >= 4 is 11.3 Å². The lowest BCUT2D eigenvalue weighted by Gasteiger charge is -2.52. The van der Waals surface area contributed by atoms with Crippen LogP contribution in [0.25, 0.3) is 0 Å². The minimum absolute atomic E-state index is 0.104. The van der Waals surface area contributed by atoms with E-state index < -0.39 is 0 Å². The third-order valence-electron chi connectivity index (χ3n) is 4.04. The first-order valence-corrected chi connectivity index (χ1v) is 7.57. The number of thiophene rings is 1. The van der Waals surface area contributed by atoms with Gasteiger partial charge in [0.25, 0.3) is 0 Å². The average molecular weight is 268 g/mol. The molecule has 0 aromatic carbocycles. The smallest absolute Gasteiger partial charge is 0.0655 e. The van der Waals surface area contributed by atoms with Gasteiger partial charge in [0.15, 0.2) is 0 Å². The van der Waals surface area contributed by atoms with Crippen LogP contribution in [-0.4, -0.2) is 25.3 Å². The molecule has 0 radical (unpaired) electrons. The Bertz CT molecular complexity index is 364. The molecule has 0 spiro atoms. The number of ether oxygens (including phenoxy) is 1. The third kappa shape index (κ3) is 2.77. The van der Waals surface area contributed by atoms with Crippen LogP contribution in [0, 0.1) is 5.41 Å². The van der Waals surface area contributed by atoms with Gasteiger partial charge < -0.3 is 15.8 Å². The molecule has 0 amide bonds. The van der Waals surface area contributed by atoms with E-state index in [9.17, 15) is 0 Å². The van der Waals surface area contributed by atoms with Gasteiger partial charge in [0.1, 0.15) is 0 Å². The SMILES string of the molecule is CCOC1CC(NCC(N)c2cccs2)C1(C)C. The summed E-state index contributed by atoms with van der Waals surface area (Å²) in [5, 5.41) is 5.66. The predicted octanol–water partition coefficient (Wildman–Crippen LogP) is 2.54. The van der Waals surface area contributed by atoms with E-state index in [1.54, 1.807) is 11.3 Å². The Morgan fingerprint density at radius 3 is 2.94 bits per heavy atom. The molecule has 3 unspecified atom stereocenters.